The molecule has 3 nitrogen and oxygen atoms in total. The molecule has 1 amide bonds. The summed E-state index contributed by atoms with van der Waals surface area (Å²) in [6, 6.07) is 26.1. The molecule has 1 aliphatic rings. The van der Waals surface area contributed by atoms with Gasteiger partial charge in [-0.15, -0.1) is 0 Å². The molecule has 1 fully saturated rings. The van der Waals surface area contributed by atoms with Gasteiger partial charge in [-0.05, 0) is 34.9 Å². The van der Waals surface area contributed by atoms with Crippen molar-refractivity contribution in [2.24, 2.45) is 0 Å². The van der Waals surface area contributed by atoms with Crippen LogP contribution in [0.1, 0.15) is 27.9 Å². The van der Waals surface area contributed by atoms with E-state index in [-0.39, 0.29) is 18.1 Å². The van der Waals surface area contributed by atoms with Crippen molar-refractivity contribution in [1.29, 1.82) is 0 Å². The van der Waals surface area contributed by atoms with Crippen LogP contribution in [-0.2, 0) is 4.79 Å². The van der Waals surface area contributed by atoms with E-state index < -0.39 is 0 Å². The van der Waals surface area contributed by atoms with Crippen LogP contribution in [0.25, 0.3) is 11.1 Å². The maximum atomic E-state index is 13.1. The summed E-state index contributed by atoms with van der Waals surface area (Å²) in [5.74, 6) is -0.247. The molecule has 3 aromatic carbocycles. The molecule has 0 atom stereocenters. The molecule has 0 saturated carbocycles. The second-order valence-corrected chi connectivity index (χ2v) is 9.22. The fourth-order valence-corrected chi connectivity index (χ4v) is 4.59. The van der Waals surface area contributed by atoms with E-state index in [1.165, 1.54) is 11.8 Å². The number of ketones is 1. The zero-order valence-corrected chi connectivity index (χ0v) is 19.3. The molecule has 4 rings (SSSR count). The van der Waals surface area contributed by atoms with Crippen molar-refractivity contribution in [3.63, 3.8) is 0 Å². The first-order valence-electron chi connectivity index (χ1n) is 9.89. The Kier molecular flexibility index (Phi) is 7.00. The van der Waals surface area contributed by atoms with Crippen LogP contribution in [0.4, 0.5) is 0 Å². The van der Waals surface area contributed by atoms with Gasteiger partial charge in [0.25, 0.3) is 5.91 Å². The zero-order valence-electron chi connectivity index (χ0n) is 16.9. The minimum absolute atomic E-state index is 0.0109. The van der Waals surface area contributed by atoms with Crippen molar-refractivity contribution in [1.82, 2.24) is 5.32 Å². The molecule has 6 heteroatoms. The number of halogens is 1. The molecule has 1 saturated heterocycles. The lowest BCUT2D eigenvalue weighted by Gasteiger charge is -2.12. The van der Waals surface area contributed by atoms with Gasteiger partial charge in [-0.25, -0.2) is 0 Å². The van der Waals surface area contributed by atoms with E-state index >= 15 is 0 Å². The van der Waals surface area contributed by atoms with Crippen LogP contribution in [0.15, 0.2) is 95.9 Å². The first-order valence-corrected chi connectivity index (χ1v) is 11.5. The third-order valence-corrected chi connectivity index (χ3v) is 6.43. The van der Waals surface area contributed by atoms with Crippen LogP contribution in [0.3, 0.4) is 0 Å². The highest BCUT2D eigenvalue weighted by Gasteiger charge is 2.26. The SMILES string of the molecule is O=C1NC(=S)S/C1=C(\C=C(/CC(=O)c1ccccc1)c1ccc(Cl)cc1)c1ccccc1. The molecule has 1 N–H and O–H groups in total. The second kappa shape index (κ2) is 10.1. The highest BCUT2D eigenvalue weighted by Crippen LogP contribution is 2.35. The van der Waals surface area contributed by atoms with E-state index in [0.717, 1.165) is 22.3 Å². The van der Waals surface area contributed by atoms with Gasteiger partial charge in [-0.3, -0.25) is 9.59 Å². The number of allylic oxidation sites excluding steroid dienone is 3. The van der Waals surface area contributed by atoms with Crippen molar-refractivity contribution < 1.29 is 9.59 Å². The summed E-state index contributed by atoms with van der Waals surface area (Å²) in [5, 5.41) is 3.30. The van der Waals surface area contributed by atoms with Crippen LogP contribution in [0, 0.1) is 0 Å². The first-order chi connectivity index (χ1) is 15.5. The van der Waals surface area contributed by atoms with E-state index in [1.807, 2.05) is 66.7 Å². The predicted octanol–water partition coefficient (Wildman–Crippen LogP) is 6.56. The lowest BCUT2D eigenvalue weighted by atomic mass is 9.93. The van der Waals surface area contributed by atoms with E-state index in [1.54, 1.807) is 24.3 Å². The van der Waals surface area contributed by atoms with Crippen LogP contribution in [0.2, 0.25) is 5.02 Å². The number of nitrogens with one attached hydrogen (secondary N) is 1. The van der Waals surface area contributed by atoms with Gasteiger partial charge in [0.15, 0.2) is 5.78 Å². The molecule has 0 unspecified atom stereocenters. The Hall–Kier alpha value is -2.99. The zero-order chi connectivity index (χ0) is 22.5. The minimum atomic E-state index is -0.236. The summed E-state index contributed by atoms with van der Waals surface area (Å²) in [5.41, 5.74) is 3.87. The van der Waals surface area contributed by atoms with Gasteiger partial charge in [0.1, 0.15) is 4.32 Å². The summed E-state index contributed by atoms with van der Waals surface area (Å²) < 4.78 is 0.417. The Morgan fingerprint density at radius 1 is 0.875 bits per heavy atom. The summed E-state index contributed by atoms with van der Waals surface area (Å²) in [4.78, 5) is 26.2. The lowest BCUT2D eigenvalue weighted by molar-refractivity contribution is -0.115. The standard InChI is InChI=1S/C26H18ClNO2S2/c27-21-13-11-17(12-14-21)20(16-23(29)19-9-5-2-6-10-19)15-22(18-7-3-1-4-8-18)24-25(30)28-26(31)32-24/h1-15H,16H2,(H,28,30,31)/b20-15+,24-22+. The van der Waals surface area contributed by atoms with Crippen LogP contribution in [0.5, 0.6) is 0 Å². The number of benzene rings is 3. The maximum Gasteiger partial charge on any atom is 0.264 e. The largest absolute Gasteiger partial charge is 0.307 e. The molecule has 0 bridgehead atoms. The molecule has 32 heavy (non-hydrogen) atoms. The van der Waals surface area contributed by atoms with E-state index in [0.29, 0.717) is 19.8 Å². The van der Waals surface area contributed by atoms with Crippen molar-refractivity contribution in [2.75, 3.05) is 0 Å². The minimum Gasteiger partial charge on any atom is -0.307 e. The van der Waals surface area contributed by atoms with Gasteiger partial charge in [-0.2, -0.15) is 0 Å². The van der Waals surface area contributed by atoms with Gasteiger partial charge in [0.05, 0.1) is 4.91 Å². The molecule has 1 aliphatic heterocycles. The fraction of sp³-hybridized carbons (Fsp3) is 0.0385. The highest BCUT2D eigenvalue weighted by atomic mass is 35.5. The molecule has 158 valence electrons. The normalized spacial score (nSPS) is 15.5. The van der Waals surface area contributed by atoms with Gasteiger partial charge < -0.3 is 5.32 Å². The number of carbonyl (C=O) groups is 2. The van der Waals surface area contributed by atoms with Gasteiger partial charge >= 0.3 is 0 Å². The smallest absolute Gasteiger partial charge is 0.264 e. The van der Waals surface area contributed by atoms with Crippen molar-refractivity contribution in [2.45, 2.75) is 6.42 Å². The van der Waals surface area contributed by atoms with E-state index in [9.17, 15) is 9.59 Å². The van der Waals surface area contributed by atoms with Gasteiger partial charge in [-0.1, -0.05) is 108 Å². The number of thioether (sulfide) groups is 1. The van der Waals surface area contributed by atoms with Crippen LogP contribution in [-0.4, -0.2) is 16.0 Å². The topological polar surface area (TPSA) is 46.2 Å². The average Bonchev–Trinajstić information content (AvgIpc) is 3.15. The lowest BCUT2D eigenvalue weighted by Crippen LogP contribution is -2.18. The molecule has 0 radical (unpaired) electrons. The Morgan fingerprint density at radius 3 is 2.03 bits per heavy atom. The van der Waals surface area contributed by atoms with Gasteiger partial charge in [0, 0.05) is 22.6 Å². The Bertz CT molecular complexity index is 1230. The average molecular weight is 476 g/mol. The Morgan fingerprint density at radius 2 is 1.47 bits per heavy atom. The van der Waals surface area contributed by atoms with Crippen molar-refractivity contribution in [3.8, 4) is 0 Å². The van der Waals surface area contributed by atoms with Gasteiger partial charge in [0.2, 0.25) is 0 Å². The summed E-state index contributed by atoms with van der Waals surface area (Å²) in [6.07, 6.45) is 2.08. The molecular weight excluding hydrogens is 458 g/mol. The number of hydrogen-bond acceptors (Lipinski definition) is 4. The molecule has 1 heterocycles. The quantitative estimate of drug-likeness (QED) is 0.249. The summed E-state index contributed by atoms with van der Waals surface area (Å²) in [6.45, 7) is 0. The monoisotopic (exact) mass is 475 g/mol. The number of thiocarbonyl (C=S) groups is 1. The third-order valence-electron chi connectivity index (χ3n) is 4.93. The van der Waals surface area contributed by atoms with Crippen LogP contribution >= 0.6 is 35.6 Å². The van der Waals surface area contributed by atoms with Crippen molar-refractivity contribution in [3.05, 3.63) is 118 Å². The number of rotatable bonds is 6. The fourth-order valence-electron chi connectivity index (χ4n) is 3.36. The molecular formula is C26H18ClNO2S2. The number of Topliss-reactive ketones (excluding diaryl/α,β-unsaturated/α-hetero) is 1. The summed E-state index contributed by atoms with van der Waals surface area (Å²) in [7, 11) is 0. The van der Waals surface area contributed by atoms with E-state index in [4.69, 9.17) is 23.8 Å². The molecule has 0 spiro atoms. The number of hydrogen-bond donors (Lipinski definition) is 1. The Labute approximate surface area is 201 Å². The number of carbonyl (C=O) groups excluding carboxylic acids is 2. The summed E-state index contributed by atoms with van der Waals surface area (Å²) >= 11 is 12.5. The van der Waals surface area contributed by atoms with E-state index in [2.05, 4.69) is 5.32 Å². The molecule has 3 aromatic rings. The molecule has 0 aromatic heterocycles. The highest BCUT2D eigenvalue weighted by molar-refractivity contribution is 8.26. The molecule has 0 aliphatic carbocycles. The predicted molar refractivity (Wildman–Crippen MR) is 137 cm³/mol. The van der Waals surface area contributed by atoms with Crippen molar-refractivity contribution >= 4 is 62.7 Å². The second-order valence-electron chi connectivity index (χ2n) is 7.09. The maximum absolute atomic E-state index is 13.1. The Balaban J connectivity index is 1.85. The number of amides is 1. The third kappa shape index (κ3) is 5.25. The van der Waals surface area contributed by atoms with Crippen LogP contribution < -0.4 is 5.32 Å². The first kappa shape index (κ1) is 22.2.